The Kier molecular flexibility index (Phi) is 6.62. The van der Waals surface area contributed by atoms with Crippen LogP contribution in [0.1, 0.15) is 33.6 Å². The summed E-state index contributed by atoms with van der Waals surface area (Å²) in [5.41, 5.74) is 7.36. The fourth-order valence-electron chi connectivity index (χ4n) is 4.09. The van der Waals surface area contributed by atoms with Gasteiger partial charge in [-0.1, -0.05) is 71.4 Å². The third-order valence-electron chi connectivity index (χ3n) is 5.94. The lowest BCUT2D eigenvalue weighted by molar-refractivity contribution is -0.113. The van der Waals surface area contributed by atoms with Gasteiger partial charge >= 0.3 is 0 Å². The van der Waals surface area contributed by atoms with Gasteiger partial charge in [0.05, 0.1) is 11.3 Å². The number of fused-ring (bicyclic) bond motifs is 1. The van der Waals surface area contributed by atoms with E-state index in [2.05, 4.69) is 21.6 Å². The van der Waals surface area contributed by atoms with Crippen LogP contribution >= 0.6 is 23.1 Å². The first-order chi connectivity index (χ1) is 17.0. The number of nitrogens with zero attached hydrogens (tertiary/aromatic N) is 4. The second-order valence-corrected chi connectivity index (χ2v) is 10.6. The van der Waals surface area contributed by atoms with Crippen LogP contribution < -0.4 is 5.32 Å². The molecular weight excluding hydrogens is 474 g/mol. The van der Waals surface area contributed by atoms with Gasteiger partial charge in [0.2, 0.25) is 11.1 Å². The second-order valence-electron chi connectivity index (χ2n) is 8.53. The summed E-state index contributed by atoms with van der Waals surface area (Å²) in [5, 5.41) is 22.4. The normalized spacial score (nSPS) is 12.3. The van der Waals surface area contributed by atoms with Crippen molar-refractivity contribution in [3.8, 4) is 28.6 Å². The van der Waals surface area contributed by atoms with Crippen LogP contribution in [0, 0.1) is 25.2 Å². The number of benzene rings is 2. The van der Waals surface area contributed by atoms with Gasteiger partial charge < -0.3 is 5.32 Å². The Balaban J connectivity index is 1.37. The average molecular weight is 498 g/mol. The molecule has 0 fully saturated rings. The van der Waals surface area contributed by atoms with Crippen molar-refractivity contribution in [3.63, 3.8) is 0 Å². The topological polar surface area (TPSA) is 91.6 Å². The Hall–Kier alpha value is -3.54. The molecule has 1 N–H and O–H groups in total. The number of carbonyl (C=O) groups excluding carboxylic acids is 1. The highest BCUT2D eigenvalue weighted by Gasteiger charge is 2.23. The molecule has 6 nitrogen and oxygen atoms in total. The Morgan fingerprint density at radius 1 is 1.00 bits per heavy atom. The molecule has 2 aromatic carbocycles. The van der Waals surface area contributed by atoms with Gasteiger partial charge in [-0.3, -0.25) is 4.79 Å². The second kappa shape index (κ2) is 9.98. The first-order valence-corrected chi connectivity index (χ1v) is 13.2. The molecular formula is C27H23N5OS2. The number of anilines is 1. The third-order valence-corrected chi connectivity index (χ3v) is 7.98. The number of thioether (sulfide) groups is 1. The maximum atomic E-state index is 12.7. The highest BCUT2D eigenvalue weighted by atomic mass is 32.2. The van der Waals surface area contributed by atoms with E-state index in [1.807, 2.05) is 62.4 Å². The monoisotopic (exact) mass is 497 g/mol. The van der Waals surface area contributed by atoms with E-state index in [9.17, 15) is 10.1 Å². The first kappa shape index (κ1) is 23.2. The molecule has 2 heterocycles. The van der Waals surface area contributed by atoms with Crippen molar-refractivity contribution in [2.24, 2.45) is 0 Å². The summed E-state index contributed by atoms with van der Waals surface area (Å²) >= 11 is 2.75. The van der Waals surface area contributed by atoms with Gasteiger partial charge in [-0.05, 0) is 38.7 Å². The Morgan fingerprint density at radius 2 is 1.66 bits per heavy atom. The summed E-state index contributed by atoms with van der Waals surface area (Å²) in [7, 11) is 0. The number of carbonyl (C=O) groups is 1. The smallest absolute Gasteiger partial charge is 0.235 e. The summed E-state index contributed by atoms with van der Waals surface area (Å²) in [6.07, 6.45) is 2.97. The number of hydrogen-bond donors (Lipinski definition) is 1. The zero-order valence-electron chi connectivity index (χ0n) is 19.5. The minimum Gasteiger partial charge on any atom is -0.316 e. The van der Waals surface area contributed by atoms with E-state index >= 15 is 0 Å². The highest BCUT2D eigenvalue weighted by Crippen LogP contribution is 2.38. The largest absolute Gasteiger partial charge is 0.316 e. The molecule has 5 rings (SSSR count). The molecule has 1 aliphatic carbocycles. The molecule has 0 radical (unpaired) electrons. The molecule has 35 heavy (non-hydrogen) atoms. The molecule has 0 saturated heterocycles. The fourth-order valence-corrected chi connectivity index (χ4v) is 5.94. The quantitative estimate of drug-likeness (QED) is 0.330. The lowest BCUT2D eigenvalue weighted by Crippen LogP contribution is -2.14. The SMILES string of the molecule is Cc1ccc(-c2nnc(SCC(=O)Nc3sc4c(c3C#N)CCC4)nc2-c2ccc(C)cc2)cc1. The van der Waals surface area contributed by atoms with E-state index in [0.29, 0.717) is 21.4 Å². The summed E-state index contributed by atoms with van der Waals surface area (Å²) in [6.45, 7) is 4.09. The van der Waals surface area contributed by atoms with Gasteiger partial charge in [-0.25, -0.2) is 4.98 Å². The van der Waals surface area contributed by atoms with Crippen molar-refractivity contribution in [1.29, 1.82) is 5.26 Å². The van der Waals surface area contributed by atoms with Crippen LogP contribution in [0.15, 0.2) is 53.7 Å². The number of nitrogens with one attached hydrogen (secondary N) is 1. The molecule has 4 aromatic rings. The number of aromatic nitrogens is 3. The van der Waals surface area contributed by atoms with E-state index < -0.39 is 0 Å². The van der Waals surface area contributed by atoms with Crippen molar-refractivity contribution < 1.29 is 4.79 Å². The summed E-state index contributed by atoms with van der Waals surface area (Å²) < 4.78 is 0. The molecule has 174 valence electrons. The lowest BCUT2D eigenvalue weighted by Gasteiger charge is -2.10. The minimum absolute atomic E-state index is 0.131. The molecule has 0 bridgehead atoms. The van der Waals surface area contributed by atoms with Crippen molar-refractivity contribution in [2.75, 3.05) is 11.1 Å². The average Bonchev–Trinajstić information content (AvgIpc) is 3.44. The van der Waals surface area contributed by atoms with Crippen molar-refractivity contribution >= 4 is 34.0 Å². The lowest BCUT2D eigenvalue weighted by atomic mass is 10.0. The van der Waals surface area contributed by atoms with E-state index in [-0.39, 0.29) is 11.7 Å². The van der Waals surface area contributed by atoms with Gasteiger partial charge in [0.1, 0.15) is 22.5 Å². The van der Waals surface area contributed by atoms with Gasteiger partial charge in [-0.15, -0.1) is 21.5 Å². The number of aryl methyl sites for hydroxylation is 3. The van der Waals surface area contributed by atoms with Gasteiger partial charge in [0.15, 0.2) is 0 Å². The molecule has 2 aromatic heterocycles. The van der Waals surface area contributed by atoms with Crippen LogP contribution in [0.25, 0.3) is 22.5 Å². The summed E-state index contributed by atoms with van der Waals surface area (Å²) in [6, 6.07) is 18.5. The number of thiophene rings is 1. The number of nitriles is 1. The number of rotatable bonds is 6. The molecule has 1 aliphatic rings. The molecule has 0 atom stereocenters. The van der Waals surface area contributed by atoms with E-state index in [1.165, 1.54) is 33.5 Å². The van der Waals surface area contributed by atoms with E-state index in [4.69, 9.17) is 4.98 Å². The van der Waals surface area contributed by atoms with Gasteiger partial charge in [0, 0.05) is 16.0 Å². The maximum absolute atomic E-state index is 12.7. The highest BCUT2D eigenvalue weighted by molar-refractivity contribution is 7.99. The van der Waals surface area contributed by atoms with E-state index in [1.54, 1.807) is 0 Å². The minimum atomic E-state index is -0.186. The van der Waals surface area contributed by atoms with Crippen molar-refractivity contribution in [2.45, 2.75) is 38.3 Å². The number of hydrogen-bond acceptors (Lipinski definition) is 7. The predicted octanol–water partition coefficient (Wildman–Crippen LogP) is 5.98. The summed E-state index contributed by atoms with van der Waals surface area (Å²) in [4.78, 5) is 18.7. The molecule has 0 aliphatic heterocycles. The third kappa shape index (κ3) is 4.97. The fraction of sp³-hybridized carbons (Fsp3) is 0.222. The van der Waals surface area contributed by atoms with Crippen LogP contribution in [0.5, 0.6) is 0 Å². The zero-order chi connectivity index (χ0) is 24.4. The van der Waals surface area contributed by atoms with Gasteiger partial charge in [0.25, 0.3) is 0 Å². The maximum Gasteiger partial charge on any atom is 0.235 e. The van der Waals surface area contributed by atoms with Crippen LogP contribution in [0.3, 0.4) is 0 Å². The molecule has 0 saturated carbocycles. The molecule has 0 spiro atoms. The molecule has 0 unspecified atom stereocenters. The number of amides is 1. The molecule has 8 heteroatoms. The van der Waals surface area contributed by atoms with Crippen LogP contribution in [-0.2, 0) is 17.6 Å². The molecule has 1 amide bonds. The van der Waals surface area contributed by atoms with E-state index in [0.717, 1.165) is 47.2 Å². The standard InChI is InChI=1S/C27H23N5OS2/c1-16-6-10-18(11-7-16)24-25(19-12-8-17(2)9-13-19)31-32-27(30-24)34-15-23(33)29-26-21(14-28)20-4-3-5-22(20)35-26/h6-13H,3-5,15H2,1-2H3,(H,29,33). The van der Waals surface area contributed by atoms with Crippen LogP contribution in [0.4, 0.5) is 5.00 Å². The summed E-state index contributed by atoms with van der Waals surface area (Å²) in [5.74, 6) is -0.0543. The Bertz CT molecular complexity index is 1440. The Labute approximate surface area is 212 Å². The van der Waals surface area contributed by atoms with Crippen LogP contribution in [0.2, 0.25) is 0 Å². The predicted molar refractivity (Wildman–Crippen MR) is 141 cm³/mol. The van der Waals surface area contributed by atoms with Crippen molar-refractivity contribution in [3.05, 3.63) is 75.7 Å². The van der Waals surface area contributed by atoms with Crippen molar-refractivity contribution in [1.82, 2.24) is 15.2 Å². The Morgan fingerprint density at radius 3 is 2.31 bits per heavy atom. The van der Waals surface area contributed by atoms with Crippen LogP contribution in [-0.4, -0.2) is 26.8 Å². The zero-order valence-corrected chi connectivity index (χ0v) is 21.1. The first-order valence-electron chi connectivity index (χ1n) is 11.4. The van der Waals surface area contributed by atoms with Gasteiger partial charge in [-0.2, -0.15) is 5.26 Å².